The van der Waals surface area contributed by atoms with E-state index in [0.29, 0.717) is 43.1 Å². The summed E-state index contributed by atoms with van der Waals surface area (Å²) in [7, 11) is 0. The van der Waals surface area contributed by atoms with E-state index in [9.17, 15) is 25.1 Å². The molecule has 1 amide bonds. The number of hydrogen-bond donors (Lipinski definition) is 2. The average molecular weight is 886 g/mol. The van der Waals surface area contributed by atoms with Gasteiger partial charge in [0.05, 0.1) is 29.8 Å². The zero-order chi connectivity index (χ0) is 45.0. The molecule has 0 saturated heterocycles. The van der Waals surface area contributed by atoms with Crippen molar-refractivity contribution in [3.63, 3.8) is 0 Å². The molecular formula is C49H63N3O10S. The normalized spacial score (nSPS) is 23.1. The highest BCUT2D eigenvalue weighted by Gasteiger charge is 2.65. The van der Waals surface area contributed by atoms with E-state index >= 15 is 0 Å². The van der Waals surface area contributed by atoms with Crippen LogP contribution in [0.25, 0.3) is 0 Å². The van der Waals surface area contributed by atoms with Crippen molar-refractivity contribution in [1.82, 2.24) is 4.90 Å². The summed E-state index contributed by atoms with van der Waals surface area (Å²) in [5.41, 5.74) is 1.81. The van der Waals surface area contributed by atoms with Crippen molar-refractivity contribution < 1.29 is 43.7 Å². The molecule has 3 aliphatic rings. The van der Waals surface area contributed by atoms with Crippen LogP contribution in [0.3, 0.4) is 0 Å². The van der Waals surface area contributed by atoms with Crippen LogP contribution >= 0.6 is 11.8 Å². The number of hydrogen-bond acceptors (Lipinski definition) is 12. The maximum Gasteiger partial charge on any atom is 0.415 e. The fraction of sp³-hybridized carbons (Fsp3) is 0.510. The lowest BCUT2D eigenvalue weighted by molar-refractivity contribution is -0.384. The van der Waals surface area contributed by atoms with Crippen molar-refractivity contribution in [2.75, 3.05) is 38.7 Å². The molecule has 0 spiro atoms. The third-order valence-corrected chi connectivity index (χ3v) is 12.7. The van der Waals surface area contributed by atoms with Crippen molar-refractivity contribution in [2.45, 2.75) is 107 Å². The predicted molar refractivity (Wildman–Crippen MR) is 245 cm³/mol. The number of nitrogens with zero attached hydrogens (tertiary/aromatic N) is 3. The van der Waals surface area contributed by atoms with Crippen LogP contribution in [0.4, 0.5) is 10.5 Å². The molecule has 63 heavy (non-hydrogen) atoms. The Hall–Kier alpha value is -4.89. The van der Waals surface area contributed by atoms with Gasteiger partial charge in [-0.15, -0.1) is 18.3 Å². The lowest BCUT2D eigenvalue weighted by Crippen LogP contribution is -2.70. The van der Waals surface area contributed by atoms with Crippen LogP contribution in [0.15, 0.2) is 107 Å². The summed E-state index contributed by atoms with van der Waals surface area (Å²) in [5.74, 6) is 0.143. The SMILES string of the molecule is C=CCO[C@@]12Oc3ccc(OCCSc4ccccc4)cc3[C@H]3[C@H](CCCCO)[C@@H](CCCCO)C=C(C(=NOC(C)(C)C)C[C@@H]1N(CCC)C(=O)Oc1ccc([N+](=O)[O-])cc1)[C@H]32. The van der Waals surface area contributed by atoms with Gasteiger partial charge in [-0.1, -0.05) is 55.3 Å². The summed E-state index contributed by atoms with van der Waals surface area (Å²) in [6.07, 6.45) is 8.62. The van der Waals surface area contributed by atoms with Crippen LogP contribution in [-0.2, 0) is 9.57 Å². The van der Waals surface area contributed by atoms with E-state index < -0.39 is 34.4 Å². The Labute approximate surface area is 375 Å². The third kappa shape index (κ3) is 11.6. The number of nitro benzene ring substituents is 1. The van der Waals surface area contributed by atoms with Crippen molar-refractivity contribution >= 4 is 29.3 Å². The Morgan fingerprint density at radius 3 is 2.41 bits per heavy atom. The molecule has 14 heteroatoms. The minimum atomic E-state index is -1.47. The number of allylic oxidation sites excluding steroid dienone is 1. The smallest absolute Gasteiger partial charge is 0.415 e. The van der Waals surface area contributed by atoms with Gasteiger partial charge in [0.2, 0.25) is 5.79 Å². The first-order valence-corrected chi connectivity index (χ1v) is 23.2. The van der Waals surface area contributed by atoms with Gasteiger partial charge in [-0.05, 0) is 113 Å². The molecule has 1 aliphatic heterocycles. The highest BCUT2D eigenvalue weighted by Crippen LogP contribution is 2.62. The first-order chi connectivity index (χ1) is 30.4. The summed E-state index contributed by atoms with van der Waals surface area (Å²) in [5, 5.41) is 36.2. The predicted octanol–water partition coefficient (Wildman–Crippen LogP) is 10.1. The number of nitro groups is 1. The number of non-ortho nitro benzene ring substituents is 1. The van der Waals surface area contributed by atoms with Crippen molar-refractivity contribution in [1.29, 1.82) is 0 Å². The molecule has 0 radical (unpaired) electrons. The first kappa shape index (κ1) is 47.6. The summed E-state index contributed by atoms with van der Waals surface area (Å²) in [4.78, 5) is 34.6. The van der Waals surface area contributed by atoms with Crippen LogP contribution in [0, 0.1) is 27.9 Å². The van der Waals surface area contributed by atoms with E-state index in [1.807, 2.05) is 58.0 Å². The molecule has 6 atom stereocenters. The fourth-order valence-corrected chi connectivity index (χ4v) is 9.93. The van der Waals surface area contributed by atoms with Crippen LogP contribution in [-0.4, -0.2) is 88.0 Å². The van der Waals surface area contributed by atoms with E-state index in [4.69, 9.17) is 28.9 Å². The van der Waals surface area contributed by atoms with Crippen molar-refractivity contribution in [3.8, 4) is 17.2 Å². The van der Waals surface area contributed by atoms with Gasteiger partial charge in [-0.3, -0.25) is 15.0 Å². The van der Waals surface area contributed by atoms with E-state index in [1.165, 1.54) is 29.2 Å². The van der Waals surface area contributed by atoms with Gasteiger partial charge in [0.25, 0.3) is 5.69 Å². The zero-order valence-electron chi connectivity index (χ0n) is 37.0. The molecule has 0 bridgehead atoms. The Kier molecular flexibility index (Phi) is 16.7. The van der Waals surface area contributed by atoms with Gasteiger partial charge in [0, 0.05) is 60.4 Å². The number of aliphatic hydroxyl groups excluding tert-OH is 2. The van der Waals surface area contributed by atoms with E-state index in [2.05, 4.69) is 30.9 Å². The summed E-state index contributed by atoms with van der Waals surface area (Å²) >= 11 is 1.73. The largest absolute Gasteiger partial charge is 0.493 e. The molecule has 0 aromatic heterocycles. The Balaban J connectivity index is 1.51. The maximum atomic E-state index is 14.6. The van der Waals surface area contributed by atoms with Crippen LogP contribution in [0.5, 0.6) is 17.2 Å². The Bertz CT molecular complexity index is 2060. The molecule has 2 aliphatic carbocycles. The summed E-state index contributed by atoms with van der Waals surface area (Å²) in [6, 6.07) is 20.8. The van der Waals surface area contributed by atoms with Crippen LogP contribution in [0.2, 0.25) is 0 Å². The van der Waals surface area contributed by atoms with Gasteiger partial charge in [0.15, 0.2) is 0 Å². The topological polar surface area (TPSA) is 162 Å². The van der Waals surface area contributed by atoms with Gasteiger partial charge in [-0.25, -0.2) is 4.79 Å². The van der Waals surface area contributed by atoms with Gasteiger partial charge in [0.1, 0.15) is 28.9 Å². The van der Waals surface area contributed by atoms with E-state index in [1.54, 1.807) is 22.7 Å². The van der Waals surface area contributed by atoms with Crippen LogP contribution < -0.4 is 14.2 Å². The Morgan fingerprint density at radius 2 is 1.75 bits per heavy atom. The second-order valence-electron chi connectivity index (χ2n) is 17.3. The standard InChI is InChI=1S/C49H63N3O10S/c1-6-25-51(47(55)60-36-21-19-35(20-22-36)52(56)57)44-33-42(50-62-48(3,4)5)40-31-34(15-11-13-26-53)39(18-12-14-27-54)45-41-32-37(58-29-30-63-38-16-9-8-10-17-38)23-24-43(41)61-49(44,46(40)45)59-28-7-2/h7-10,16-17,19-24,31-32,34,39,44-46,53-54H,2,6,11-15,18,25-30,33H2,1,3-5H3/t34-,39+,44-,45+,46+,49+/m0/s1. The molecular weight excluding hydrogens is 823 g/mol. The molecule has 6 rings (SSSR count). The monoisotopic (exact) mass is 885 g/mol. The van der Waals surface area contributed by atoms with E-state index in [0.717, 1.165) is 42.6 Å². The molecule has 2 N–H and O–H groups in total. The number of carbonyl (C=O) groups is 1. The van der Waals surface area contributed by atoms with E-state index in [-0.39, 0.29) is 62.0 Å². The third-order valence-electron chi connectivity index (χ3n) is 11.8. The lowest BCUT2D eigenvalue weighted by atomic mass is 9.55. The van der Waals surface area contributed by atoms with Crippen molar-refractivity contribution in [3.05, 3.63) is 113 Å². The number of ether oxygens (including phenoxy) is 4. The second kappa shape index (κ2) is 22.1. The zero-order valence-corrected chi connectivity index (χ0v) is 37.8. The van der Waals surface area contributed by atoms with Crippen LogP contribution in [0.1, 0.15) is 90.5 Å². The lowest BCUT2D eigenvalue weighted by Gasteiger charge is -2.60. The Morgan fingerprint density at radius 1 is 1.03 bits per heavy atom. The molecule has 3 aromatic carbocycles. The van der Waals surface area contributed by atoms with Crippen molar-refractivity contribution in [2.24, 2.45) is 22.9 Å². The molecule has 340 valence electrons. The molecule has 1 fully saturated rings. The number of rotatable bonds is 22. The summed E-state index contributed by atoms with van der Waals surface area (Å²) < 4.78 is 26.8. The van der Waals surface area contributed by atoms with Gasteiger partial charge < -0.3 is 34.0 Å². The van der Waals surface area contributed by atoms with Gasteiger partial charge >= 0.3 is 6.09 Å². The summed E-state index contributed by atoms with van der Waals surface area (Å²) in [6.45, 7) is 12.8. The number of unbranched alkanes of at least 4 members (excludes halogenated alkanes) is 2. The highest BCUT2D eigenvalue weighted by molar-refractivity contribution is 7.99. The molecule has 1 heterocycles. The molecule has 3 aromatic rings. The fourth-order valence-electron chi connectivity index (χ4n) is 9.18. The highest BCUT2D eigenvalue weighted by atomic mass is 32.2. The number of thioether (sulfide) groups is 1. The number of benzene rings is 3. The quantitative estimate of drug-likeness (QED) is 0.0325. The molecule has 1 saturated carbocycles. The second-order valence-corrected chi connectivity index (χ2v) is 18.5. The minimum absolute atomic E-state index is 0.0393. The maximum absolute atomic E-state index is 14.6. The molecule has 13 nitrogen and oxygen atoms in total. The average Bonchev–Trinajstić information content (AvgIpc) is 3.27. The minimum Gasteiger partial charge on any atom is -0.493 e. The number of oxime groups is 1. The number of carbonyl (C=O) groups excluding carboxylic acids is 1. The number of amides is 1. The number of aliphatic hydroxyl groups is 2. The first-order valence-electron chi connectivity index (χ1n) is 22.2. The van der Waals surface area contributed by atoms with Gasteiger partial charge in [-0.2, -0.15) is 0 Å². The molecule has 0 unspecified atom stereocenters. The number of fused-ring (bicyclic) bond motifs is 2.